The maximum Gasteiger partial charge on any atom is 0.243 e. The van der Waals surface area contributed by atoms with Crippen LogP contribution in [0, 0.1) is 0 Å². The highest BCUT2D eigenvalue weighted by molar-refractivity contribution is 5.80. The molecule has 1 saturated carbocycles. The minimum absolute atomic E-state index is 0.107. The summed E-state index contributed by atoms with van der Waals surface area (Å²) in [6, 6.07) is 1.07. The lowest BCUT2D eigenvalue weighted by atomic mass is 9.97. The Labute approximate surface area is 120 Å². The number of aromatic nitrogens is 2. The second kappa shape index (κ2) is 5.56. The molecule has 110 valence electrons. The zero-order valence-corrected chi connectivity index (χ0v) is 12.3. The number of imidazole rings is 1. The summed E-state index contributed by atoms with van der Waals surface area (Å²) in [5.74, 6) is 0.107. The van der Waals surface area contributed by atoms with Crippen LogP contribution in [0.25, 0.3) is 0 Å². The number of carbonyl (C=O) groups excluding carboxylic acids is 1. The van der Waals surface area contributed by atoms with E-state index in [2.05, 4.69) is 22.5 Å². The van der Waals surface area contributed by atoms with Gasteiger partial charge in [-0.25, -0.2) is 4.98 Å². The van der Waals surface area contributed by atoms with Gasteiger partial charge in [0.05, 0.1) is 12.0 Å². The molecule has 2 fully saturated rings. The molecule has 0 radical (unpaired) electrons. The Morgan fingerprint density at radius 3 is 2.95 bits per heavy atom. The minimum atomic E-state index is -0.188. The number of hydrogen-bond acceptors (Lipinski definition) is 3. The molecule has 1 amide bonds. The second-order valence-corrected chi connectivity index (χ2v) is 6.24. The van der Waals surface area contributed by atoms with Gasteiger partial charge in [0, 0.05) is 24.3 Å². The van der Waals surface area contributed by atoms with Gasteiger partial charge in [0.25, 0.3) is 0 Å². The molecule has 1 aliphatic heterocycles. The van der Waals surface area contributed by atoms with Gasteiger partial charge in [-0.05, 0) is 46.0 Å². The van der Waals surface area contributed by atoms with Gasteiger partial charge in [-0.2, -0.15) is 0 Å². The molecule has 20 heavy (non-hydrogen) atoms. The molecule has 1 aliphatic carbocycles. The Bertz CT molecular complexity index is 480. The summed E-state index contributed by atoms with van der Waals surface area (Å²) in [5.41, 5.74) is 1.13. The van der Waals surface area contributed by atoms with E-state index in [0.29, 0.717) is 18.1 Å². The molecule has 5 heteroatoms. The first-order chi connectivity index (χ1) is 9.65. The van der Waals surface area contributed by atoms with Crippen LogP contribution in [0.1, 0.15) is 63.7 Å². The Hall–Kier alpha value is -1.36. The maximum atomic E-state index is 12.2. The Kier molecular flexibility index (Phi) is 3.78. The van der Waals surface area contributed by atoms with Crippen LogP contribution in [-0.2, 0) is 4.79 Å². The van der Waals surface area contributed by atoms with Crippen LogP contribution in [0.2, 0.25) is 0 Å². The fraction of sp³-hybridized carbons (Fsp3) is 0.733. The van der Waals surface area contributed by atoms with Crippen LogP contribution in [-0.4, -0.2) is 27.5 Å². The Morgan fingerprint density at radius 1 is 1.45 bits per heavy atom. The third kappa shape index (κ3) is 2.87. The molecule has 0 aromatic carbocycles. The van der Waals surface area contributed by atoms with Gasteiger partial charge in [0.2, 0.25) is 5.91 Å². The molecule has 3 rings (SSSR count). The van der Waals surface area contributed by atoms with E-state index in [9.17, 15) is 4.79 Å². The van der Waals surface area contributed by atoms with Crippen molar-refractivity contribution in [3.8, 4) is 0 Å². The van der Waals surface area contributed by atoms with Crippen molar-refractivity contribution in [1.82, 2.24) is 20.2 Å². The summed E-state index contributed by atoms with van der Waals surface area (Å²) in [4.78, 5) is 16.5. The van der Waals surface area contributed by atoms with E-state index in [0.717, 1.165) is 25.0 Å². The highest BCUT2D eigenvalue weighted by Crippen LogP contribution is 2.27. The van der Waals surface area contributed by atoms with E-state index >= 15 is 0 Å². The molecular formula is C15H24N4O. The van der Waals surface area contributed by atoms with Crippen molar-refractivity contribution >= 4 is 5.91 Å². The van der Waals surface area contributed by atoms with E-state index in [1.54, 1.807) is 6.33 Å². The molecule has 1 aromatic rings. The van der Waals surface area contributed by atoms with Crippen LogP contribution in [0.4, 0.5) is 0 Å². The van der Waals surface area contributed by atoms with Crippen molar-refractivity contribution in [2.24, 2.45) is 0 Å². The smallest absolute Gasteiger partial charge is 0.243 e. The fourth-order valence-electron chi connectivity index (χ4n) is 2.96. The van der Waals surface area contributed by atoms with E-state index in [4.69, 9.17) is 0 Å². The van der Waals surface area contributed by atoms with Gasteiger partial charge >= 0.3 is 0 Å². The molecule has 1 saturated heterocycles. The fourth-order valence-corrected chi connectivity index (χ4v) is 2.96. The summed E-state index contributed by atoms with van der Waals surface area (Å²) in [5, 5.41) is 6.69. The number of amides is 1. The van der Waals surface area contributed by atoms with Gasteiger partial charge in [0.1, 0.15) is 6.04 Å². The molecule has 1 aromatic heterocycles. The van der Waals surface area contributed by atoms with Gasteiger partial charge in [-0.15, -0.1) is 0 Å². The predicted molar refractivity (Wildman–Crippen MR) is 77.3 cm³/mol. The van der Waals surface area contributed by atoms with Gasteiger partial charge in [-0.3, -0.25) is 4.79 Å². The van der Waals surface area contributed by atoms with Crippen LogP contribution in [0.15, 0.2) is 12.5 Å². The zero-order valence-electron chi connectivity index (χ0n) is 12.3. The first-order valence-corrected chi connectivity index (χ1v) is 7.73. The predicted octanol–water partition coefficient (Wildman–Crippen LogP) is 1.93. The molecular weight excluding hydrogens is 252 g/mol. The van der Waals surface area contributed by atoms with Crippen LogP contribution in [0.5, 0.6) is 0 Å². The standard InChI is InChI=1S/C15H24N4O/c1-10-4-3-5-13(17-10)14-8-16-9-19(14)11(2)15(20)18-12-6-7-12/h8-13,17H,3-7H2,1-2H3,(H,18,20). The zero-order chi connectivity index (χ0) is 14.1. The Balaban J connectivity index is 1.73. The van der Waals surface area contributed by atoms with Crippen molar-refractivity contribution in [2.45, 2.75) is 70.1 Å². The average Bonchev–Trinajstić information content (AvgIpc) is 3.11. The highest BCUT2D eigenvalue weighted by atomic mass is 16.2. The third-order valence-electron chi connectivity index (χ3n) is 4.39. The van der Waals surface area contributed by atoms with Gasteiger partial charge in [-0.1, -0.05) is 0 Å². The SMILES string of the molecule is CC1CCCC(c2cncn2C(C)C(=O)NC2CC2)N1. The number of rotatable bonds is 4. The normalized spacial score (nSPS) is 28.1. The summed E-state index contributed by atoms with van der Waals surface area (Å²) < 4.78 is 2.02. The molecule has 0 spiro atoms. The summed E-state index contributed by atoms with van der Waals surface area (Å²) >= 11 is 0. The quantitative estimate of drug-likeness (QED) is 0.883. The van der Waals surface area contributed by atoms with Gasteiger partial charge in [0.15, 0.2) is 0 Å². The lowest BCUT2D eigenvalue weighted by Crippen LogP contribution is -2.37. The Morgan fingerprint density at radius 2 is 2.25 bits per heavy atom. The first-order valence-electron chi connectivity index (χ1n) is 7.73. The topological polar surface area (TPSA) is 59.0 Å². The third-order valence-corrected chi connectivity index (χ3v) is 4.39. The van der Waals surface area contributed by atoms with Crippen LogP contribution < -0.4 is 10.6 Å². The molecule has 3 atom stereocenters. The van der Waals surface area contributed by atoms with Crippen molar-refractivity contribution in [3.63, 3.8) is 0 Å². The lowest BCUT2D eigenvalue weighted by Gasteiger charge is -2.30. The van der Waals surface area contributed by atoms with E-state index in [1.807, 2.05) is 17.7 Å². The van der Waals surface area contributed by atoms with E-state index in [-0.39, 0.29) is 11.9 Å². The first kappa shape index (κ1) is 13.6. The largest absolute Gasteiger partial charge is 0.352 e. The second-order valence-electron chi connectivity index (χ2n) is 6.24. The van der Waals surface area contributed by atoms with Crippen molar-refractivity contribution in [2.75, 3.05) is 0 Å². The highest BCUT2D eigenvalue weighted by Gasteiger charge is 2.29. The molecule has 2 heterocycles. The van der Waals surface area contributed by atoms with Crippen LogP contribution >= 0.6 is 0 Å². The summed E-state index contributed by atoms with van der Waals surface area (Å²) in [6.07, 6.45) is 9.50. The number of nitrogens with one attached hydrogen (secondary N) is 2. The van der Waals surface area contributed by atoms with Crippen molar-refractivity contribution in [1.29, 1.82) is 0 Å². The van der Waals surface area contributed by atoms with E-state index in [1.165, 1.54) is 12.8 Å². The monoisotopic (exact) mass is 276 g/mol. The average molecular weight is 276 g/mol. The molecule has 5 nitrogen and oxygen atoms in total. The lowest BCUT2D eigenvalue weighted by molar-refractivity contribution is -0.124. The molecule has 2 aliphatic rings. The van der Waals surface area contributed by atoms with Gasteiger partial charge < -0.3 is 15.2 Å². The molecule has 0 bridgehead atoms. The number of nitrogens with zero attached hydrogens (tertiary/aromatic N) is 2. The maximum absolute atomic E-state index is 12.2. The molecule has 2 N–H and O–H groups in total. The number of carbonyl (C=O) groups is 1. The van der Waals surface area contributed by atoms with E-state index < -0.39 is 0 Å². The van der Waals surface area contributed by atoms with Crippen molar-refractivity contribution in [3.05, 3.63) is 18.2 Å². The van der Waals surface area contributed by atoms with Crippen LogP contribution in [0.3, 0.4) is 0 Å². The molecule has 3 unspecified atom stereocenters. The summed E-state index contributed by atoms with van der Waals surface area (Å²) in [6.45, 7) is 4.17. The number of piperidine rings is 1. The minimum Gasteiger partial charge on any atom is -0.352 e. The summed E-state index contributed by atoms with van der Waals surface area (Å²) in [7, 11) is 0. The van der Waals surface area contributed by atoms with Crippen molar-refractivity contribution < 1.29 is 4.79 Å². The number of hydrogen-bond donors (Lipinski definition) is 2.